The molecule has 50 heavy (non-hydrogen) atoms. The van der Waals surface area contributed by atoms with Gasteiger partial charge < -0.3 is 4.90 Å². The Morgan fingerprint density at radius 3 is 1.08 bits per heavy atom. The molecule has 1 aliphatic carbocycles. The van der Waals surface area contributed by atoms with Crippen molar-refractivity contribution in [2.24, 2.45) is 0 Å². The molecular weight excluding hydrogens is 603 g/mol. The molecule has 0 spiro atoms. The Balaban J connectivity index is 1.12. The minimum atomic E-state index is -0.397. The van der Waals surface area contributed by atoms with Crippen LogP contribution in [0.4, 0.5) is 17.1 Å². The molecule has 0 saturated heterocycles. The summed E-state index contributed by atoms with van der Waals surface area (Å²) in [5, 5.41) is 0. The molecule has 0 radical (unpaired) electrons. The van der Waals surface area contributed by atoms with Crippen molar-refractivity contribution in [3.05, 3.63) is 235 Å². The molecule has 236 valence electrons. The zero-order valence-electron chi connectivity index (χ0n) is 27.7. The molecule has 0 atom stereocenters. The van der Waals surface area contributed by atoms with Crippen molar-refractivity contribution in [1.82, 2.24) is 0 Å². The minimum Gasteiger partial charge on any atom is -0.311 e. The van der Waals surface area contributed by atoms with Crippen molar-refractivity contribution in [3.8, 4) is 33.4 Å². The highest BCUT2D eigenvalue weighted by Gasteiger charge is 2.45. The summed E-state index contributed by atoms with van der Waals surface area (Å²) in [5.74, 6) is 0. The molecule has 0 N–H and O–H groups in total. The lowest BCUT2D eigenvalue weighted by atomic mass is 9.67. The average molecular weight is 638 g/mol. The molecule has 0 aromatic heterocycles. The summed E-state index contributed by atoms with van der Waals surface area (Å²) in [5.41, 5.74) is 15.7. The normalized spacial score (nSPS) is 12.6. The highest BCUT2D eigenvalue weighted by Crippen LogP contribution is 2.56. The van der Waals surface area contributed by atoms with Gasteiger partial charge in [-0.25, -0.2) is 0 Å². The fourth-order valence-corrected chi connectivity index (χ4v) is 7.99. The molecule has 0 amide bonds. The topological polar surface area (TPSA) is 3.24 Å². The molecule has 8 aromatic carbocycles. The standard InChI is InChI=1S/C49H35N/c1-4-16-38(17-5-1)49(47-26-14-12-24-45(47)46-25-13-15-27-48(46)49)39-32-28-36(29-33-39)43-22-10-11-23-44(43)37-30-34-42(35-31-37)50(40-18-6-2-7-19-40)41-20-8-3-9-21-41/h1-35H. The summed E-state index contributed by atoms with van der Waals surface area (Å²) in [4.78, 5) is 2.30. The van der Waals surface area contributed by atoms with Crippen LogP contribution >= 0.6 is 0 Å². The first-order valence-electron chi connectivity index (χ1n) is 17.3. The zero-order chi connectivity index (χ0) is 33.3. The second-order valence-corrected chi connectivity index (χ2v) is 12.9. The van der Waals surface area contributed by atoms with E-state index in [4.69, 9.17) is 0 Å². The van der Waals surface area contributed by atoms with Crippen molar-refractivity contribution in [2.45, 2.75) is 5.41 Å². The van der Waals surface area contributed by atoms with Crippen LogP contribution in [0.2, 0.25) is 0 Å². The fourth-order valence-electron chi connectivity index (χ4n) is 7.99. The summed E-state index contributed by atoms with van der Waals surface area (Å²) in [6.45, 7) is 0. The van der Waals surface area contributed by atoms with E-state index in [1.54, 1.807) is 0 Å². The van der Waals surface area contributed by atoms with Gasteiger partial charge in [-0.1, -0.05) is 176 Å². The molecule has 0 fully saturated rings. The number of benzene rings is 8. The average Bonchev–Trinajstić information content (AvgIpc) is 3.51. The number of para-hydroxylation sites is 2. The molecule has 1 heteroatoms. The van der Waals surface area contributed by atoms with Gasteiger partial charge >= 0.3 is 0 Å². The predicted molar refractivity (Wildman–Crippen MR) is 209 cm³/mol. The van der Waals surface area contributed by atoms with Gasteiger partial charge in [0.25, 0.3) is 0 Å². The van der Waals surface area contributed by atoms with Gasteiger partial charge in [-0.2, -0.15) is 0 Å². The maximum absolute atomic E-state index is 2.35. The van der Waals surface area contributed by atoms with Crippen LogP contribution in [0.15, 0.2) is 212 Å². The predicted octanol–water partition coefficient (Wildman–Crippen LogP) is 12.9. The maximum Gasteiger partial charge on any atom is 0.0713 e. The van der Waals surface area contributed by atoms with Crippen molar-refractivity contribution < 1.29 is 0 Å². The molecule has 8 aromatic rings. The third kappa shape index (κ3) is 4.86. The van der Waals surface area contributed by atoms with Crippen molar-refractivity contribution in [2.75, 3.05) is 4.90 Å². The first-order valence-corrected chi connectivity index (χ1v) is 17.3. The Kier molecular flexibility index (Phi) is 7.44. The van der Waals surface area contributed by atoms with Crippen molar-refractivity contribution >= 4 is 17.1 Å². The Hall–Kier alpha value is -6.44. The number of fused-ring (bicyclic) bond motifs is 3. The Labute approximate surface area is 294 Å². The number of anilines is 3. The molecule has 1 aliphatic rings. The monoisotopic (exact) mass is 637 g/mol. The quantitative estimate of drug-likeness (QED) is 0.168. The lowest BCUT2D eigenvalue weighted by Crippen LogP contribution is -2.28. The van der Waals surface area contributed by atoms with E-state index in [-0.39, 0.29) is 0 Å². The van der Waals surface area contributed by atoms with E-state index in [9.17, 15) is 0 Å². The molecule has 0 heterocycles. The van der Waals surface area contributed by atoms with Gasteiger partial charge in [0, 0.05) is 17.1 Å². The zero-order valence-corrected chi connectivity index (χ0v) is 27.7. The van der Waals surface area contributed by atoms with Crippen LogP contribution in [0.25, 0.3) is 33.4 Å². The second-order valence-electron chi connectivity index (χ2n) is 12.9. The Morgan fingerprint density at radius 2 is 0.600 bits per heavy atom. The summed E-state index contributed by atoms with van der Waals surface area (Å²) in [6.07, 6.45) is 0. The van der Waals surface area contributed by atoms with Gasteiger partial charge in [0.05, 0.1) is 5.41 Å². The second kappa shape index (κ2) is 12.5. The third-order valence-corrected chi connectivity index (χ3v) is 10.2. The molecule has 0 aliphatic heterocycles. The number of hydrogen-bond donors (Lipinski definition) is 0. The summed E-state index contributed by atoms with van der Waals surface area (Å²) >= 11 is 0. The van der Waals surface area contributed by atoms with E-state index in [2.05, 4.69) is 217 Å². The highest BCUT2D eigenvalue weighted by atomic mass is 15.1. The van der Waals surface area contributed by atoms with E-state index in [1.165, 1.54) is 55.6 Å². The molecule has 9 rings (SSSR count). The van der Waals surface area contributed by atoms with Gasteiger partial charge in [0.15, 0.2) is 0 Å². The van der Waals surface area contributed by atoms with Crippen LogP contribution in [0.5, 0.6) is 0 Å². The van der Waals surface area contributed by atoms with Crippen LogP contribution in [-0.4, -0.2) is 0 Å². The summed E-state index contributed by atoms with van der Waals surface area (Å²) in [6, 6.07) is 77.0. The van der Waals surface area contributed by atoms with Gasteiger partial charge in [0.1, 0.15) is 0 Å². The molecule has 0 unspecified atom stereocenters. The van der Waals surface area contributed by atoms with Crippen LogP contribution in [0, 0.1) is 0 Å². The van der Waals surface area contributed by atoms with Gasteiger partial charge in [-0.15, -0.1) is 0 Å². The van der Waals surface area contributed by atoms with Crippen LogP contribution in [0.3, 0.4) is 0 Å². The minimum absolute atomic E-state index is 0.397. The highest BCUT2D eigenvalue weighted by molar-refractivity contribution is 5.88. The lowest BCUT2D eigenvalue weighted by molar-refractivity contribution is 0.768. The fraction of sp³-hybridized carbons (Fsp3) is 0.0204. The largest absolute Gasteiger partial charge is 0.311 e. The SMILES string of the molecule is c1ccc(N(c2ccccc2)c2ccc(-c3ccccc3-c3ccc(C4(c5ccccc5)c5ccccc5-c5ccccc54)cc3)cc2)cc1. The number of rotatable bonds is 7. The van der Waals surface area contributed by atoms with Gasteiger partial charge in [-0.05, 0) is 92.0 Å². The molecule has 0 bridgehead atoms. The van der Waals surface area contributed by atoms with Crippen LogP contribution in [0.1, 0.15) is 22.3 Å². The number of nitrogens with zero attached hydrogens (tertiary/aromatic N) is 1. The van der Waals surface area contributed by atoms with E-state index >= 15 is 0 Å². The lowest BCUT2D eigenvalue weighted by Gasteiger charge is -2.34. The number of hydrogen-bond acceptors (Lipinski definition) is 1. The Bertz CT molecular complexity index is 2310. The van der Waals surface area contributed by atoms with Crippen LogP contribution in [-0.2, 0) is 5.41 Å². The first kappa shape index (κ1) is 29.7. The van der Waals surface area contributed by atoms with E-state index in [1.807, 2.05) is 0 Å². The van der Waals surface area contributed by atoms with Gasteiger partial charge in [-0.3, -0.25) is 0 Å². The summed E-state index contributed by atoms with van der Waals surface area (Å²) in [7, 11) is 0. The van der Waals surface area contributed by atoms with E-state index < -0.39 is 5.41 Å². The van der Waals surface area contributed by atoms with Crippen molar-refractivity contribution in [3.63, 3.8) is 0 Å². The van der Waals surface area contributed by atoms with Gasteiger partial charge in [0.2, 0.25) is 0 Å². The Morgan fingerprint density at radius 1 is 0.260 bits per heavy atom. The van der Waals surface area contributed by atoms with E-state index in [0.717, 1.165) is 17.1 Å². The third-order valence-electron chi connectivity index (χ3n) is 10.2. The van der Waals surface area contributed by atoms with E-state index in [0.29, 0.717) is 0 Å². The molecule has 0 saturated carbocycles. The molecule has 1 nitrogen and oxygen atoms in total. The van der Waals surface area contributed by atoms with Crippen molar-refractivity contribution in [1.29, 1.82) is 0 Å². The first-order chi connectivity index (χ1) is 24.8. The summed E-state index contributed by atoms with van der Waals surface area (Å²) < 4.78 is 0. The maximum atomic E-state index is 2.35. The smallest absolute Gasteiger partial charge is 0.0713 e. The molecular formula is C49H35N. The van der Waals surface area contributed by atoms with Crippen LogP contribution < -0.4 is 4.90 Å².